The Morgan fingerprint density at radius 1 is 1.08 bits per heavy atom. The summed E-state index contributed by atoms with van der Waals surface area (Å²) in [6.45, 7) is 0. The molecule has 0 radical (unpaired) electrons. The topological polar surface area (TPSA) is 95.5 Å². The summed E-state index contributed by atoms with van der Waals surface area (Å²) in [6.07, 6.45) is 1.87. The first-order valence-electron chi connectivity index (χ1n) is 12.2. The number of hydrogen-bond acceptors (Lipinski definition) is 5. The third-order valence-electron chi connectivity index (χ3n) is 6.73. The molecule has 5 rings (SSSR count). The molecule has 2 fully saturated rings. The maximum Gasteiger partial charge on any atom is 0.252 e. The van der Waals surface area contributed by atoms with E-state index in [2.05, 4.69) is 15.3 Å². The number of aromatic nitrogens is 2. The van der Waals surface area contributed by atoms with Gasteiger partial charge in [0.25, 0.3) is 11.8 Å². The lowest BCUT2D eigenvalue weighted by Crippen LogP contribution is -2.56. The van der Waals surface area contributed by atoms with E-state index in [0.717, 1.165) is 15.9 Å². The summed E-state index contributed by atoms with van der Waals surface area (Å²) in [6, 6.07) is 9.51. The van der Waals surface area contributed by atoms with E-state index in [-0.39, 0.29) is 35.1 Å². The zero-order chi connectivity index (χ0) is 27.7. The highest BCUT2D eigenvalue weighted by atomic mass is 35.5. The highest BCUT2D eigenvalue weighted by molar-refractivity contribution is 6.31. The molecule has 2 aliphatic rings. The van der Waals surface area contributed by atoms with Crippen molar-refractivity contribution in [3.63, 3.8) is 0 Å². The molecule has 1 saturated carbocycles. The molecule has 1 saturated heterocycles. The normalized spacial score (nSPS) is 19.3. The Bertz CT molecular complexity index is 1400. The van der Waals surface area contributed by atoms with Crippen molar-refractivity contribution in [2.24, 2.45) is 0 Å². The monoisotopic (exact) mass is 557 g/mol. The fourth-order valence-electron chi connectivity index (χ4n) is 4.91. The number of nitrogens with one attached hydrogen (secondary N) is 1. The average Bonchev–Trinajstić information content (AvgIpc) is 3.28. The second-order valence-corrected chi connectivity index (χ2v) is 9.86. The molecule has 3 aromatic rings. The van der Waals surface area contributed by atoms with E-state index in [1.807, 2.05) is 0 Å². The number of anilines is 2. The molecule has 2 aromatic carbocycles. The van der Waals surface area contributed by atoms with Crippen LogP contribution in [0, 0.1) is 5.82 Å². The fourth-order valence-corrected chi connectivity index (χ4v) is 5.15. The Hall–Kier alpha value is -3.99. The summed E-state index contributed by atoms with van der Waals surface area (Å²) in [5.41, 5.74) is 0.222. The number of hydrogen-bond donors (Lipinski definition) is 1. The van der Waals surface area contributed by atoms with Crippen LogP contribution in [0.2, 0.25) is 5.02 Å². The summed E-state index contributed by atoms with van der Waals surface area (Å²) in [5, 5.41) is 2.73. The van der Waals surface area contributed by atoms with Gasteiger partial charge in [-0.25, -0.2) is 23.1 Å². The van der Waals surface area contributed by atoms with Gasteiger partial charge in [-0.15, -0.1) is 0 Å². The molecule has 2 atom stereocenters. The van der Waals surface area contributed by atoms with E-state index in [9.17, 15) is 27.6 Å². The number of amides is 3. The molecule has 8 nitrogen and oxygen atoms in total. The van der Waals surface area contributed by atoms with Crippen LogP contribution >= 0.6 is 11.6 Å². The SMILES string of the molecule is O=C(NC1CC(F)(F)C1)C(c1ccccc1Cl)N(C(=O)[C@@H]1CCC(=O)N1c1ncccn1)c1cccc(F)c1. The molecule has 0 spiro atoms. The first kappa shape index (κ1) is 26.6. The van der Waals surface area contributed by atoms with Crippen molar-refractivity contribution in [2.45, 2.75) is 49.7 Å². The molecule has 39 heavy (non-hydrogen) atoms. The van der Waals surface area contributed by atoms with Gasteiger partial charge in [-0.1, -0.05) is 35.9 Å². The van der Waals surface area contributed by atoms with Gasteiger partial charge >= 0.3 is 0 Å². The maximum absolute atomic E-state index is 14.4. The highest BCUT2D eigenvalue weighted by Gasteiger charge is 2.48. The lowest BCUT2D eigenvalue weighted by Gasteiger charge is -2.39. The van der Waals surface area contributed by atoms with Crippen molar-refractivity contribution < 1.29 is 27.6 Å². The Kier molecular flexibility index (Phi) is 7.26. The highest BCUT2D eigenvalue weighted by Crippen LogP contribution is 2.39. The molecule has 1 N–H and O–H groups in total. The molecule has 0 bridgehead atoms. The standard InChI is InChI=1S/C27H23ClF3N5O3/c28-20-8-2-1-7-19(20)23(24(38)34-17-14-27(30,31)15-17)35(18-6-3-5-16(29)13-18)25(39)21-9-10-22(37)36(21)26-32-11-4-12-33-26/h1-8,11-13,17,21,23H,9-10,14-15H2,(H,34,38)/t21-,23?/m0/s1. The molecule has 1 unspecified atom stereocenters. The number of alkyl halides is 2. The van der Waals surface area contributed by atoms with Crippen LogP contribution in [0.5, 0.6) is 0 Å². The van der Waals surface area contributed by atoms with Crippen LogP contribution in [-0.2, 0) is 14.4 Å². The van der Waals surface area contributed by atoms with Gasteiger partial charge in [0.1, 0.15) is 17.9 Å². The summed E-state index contributed by atoms with van der Waals surface area (Å²) < 4.78 is 41.5. The maximum atomic E-state index is 14.4. The predicted molar refractivity (Wildman–Crippen MR) is 137 cm³/mol. The molecular formula is C27H23ClF3N5O3. The number of nitrogens with zero attached hydrogens (tertiary/aromatic N) is 4. The second-order valence-electron chi connectivity index (χ2n) is 9.45. The fraction of sp³-hybridized carbons (Fsp3) is 0.296. The third kappa shape index (κ3) is 5.44. The number of halogens is 4. The van der Waals surface area contributed by atoms with E-state index in [1.54, 1.807) is 18.2 Å². The molecule has 202 valence electrons. The van der Waals surface area contributed by atoms with Gasteiger partial charge in [0.2, 0.25) is 17.8 Å². The molecule has 3 amide bonds. The van der Waals surface area contributed by atoms with Crippen LogP contribution in [0.25, 0.3) is 0 Å². The zero-order valence-corrected chi connectivity index (χ0v) is 21.2. The van der Waals surface area contributed by atoms with Crippen molar-refractivity contribution in [1.29, 1.82) is 0 Å². The van der Waals surface area contributed by atoms with Gasteiger partial charge in [0, 0.05) is 54.0 Å². The van der Waals surface area contributed by atoms with Crippen molar-refractivity contribution in [3.8, 4) is 0 Å². The van der Waals surface area contributed by atoms with Crippen LogP contribution < -0.4 is 15.1 Å². The minimum atomic E-state index is -2.89. The number of carbonyl (C=O) groups is 3. The first-order valence-corrected chi connectivity index (χ1v) is 12.6. The van der Waals surface area contributed by atoms with Gasteiger partial charge in [-0.05, 0) is 36.8 Å². The van der Waals surface area contributed by atoms with Crippen LogP contribution in [-0.4, -0.2) is 45.7 Å². The van der Waals surface area contributed by atoms with Crippen molar-refractivity contribution in [1.82, 2.24) is 15.3 Å². The quantitative estimate of drug-likeness (QED) is 0.463. The van der Waals surface area contributed by atoms with E-state index in [0.29, 0.717) is 0 Å². The summed E-state index contributed by atoms with van der Waals surface area (Å²) in [7, 11) is 0. The number of carbonyl (C=O) groups excluding carboxylic acids is 3. The second kappa shape index (κ2) is 10.6. The van der Waals surface area contributed by atoms with E-state index < -0.39 is 60.4 Å². The molecule has 1 aromatic heterocycles. The molecule has 12 heteroatoms. The lowest BCUT2D eigenvalue weighted by atomic mass is 9.87. The van der Waals surface area contributed by atoms with E-state index in [4.69, 9.17) is 11.6 Å². The van der Waals surface area contributed by atoms with Crippen molar-refractivity contribution >= 4 is 41.0 Å². The predicted octanol–water partition coefficient (Wildman–Crippen LogP) is 4.45. The lowest BCUT2D eigenvalue weighted by molar-refractivity contribution is -0.133. The van der Waals surface area contributed by atoms with Crippen molar-refractivity contribution in [2.75, 3.05) is 9.80 Å². The van der Waals surface area contributed by atoms with Gasteiger partial charge in [0.15, 0.2) is 0 Å². The summed E-state index contributed by atoms with van der Waals surface area (Å²) in [4.78, 5) is 51.3. The molecular weight excluding hydrogens is 535 g/mol. The summed E-state index contributed by atoms with van der Waals surface area (Å²) in [5.74, 6) is -5.43. The van der Waals surface area contributed by atoms with Crippen LogP contribution in [0.1, 0.15) is 37.3 Å². The Labute approximate surface area is 226 Å². The number of rotatable bonds is 7. The van der Waals surface area contributed by atoms with Gasteiger partial charge in [0.05, 0.1) is 0 Å². The zero-order valence-electron chi connectivity index (χ0n) is 20.4. The molecule has 1 aliphatic heterocycles. The van der Waals surface area contributed by atoms with Gasteiger partial charge in [-0.2, -0.15) is 0 Å². The first-order chi connectivity index (χ1) is 18.6. The average molecular weight is 558 g/mol. The van der Waals surface area contributed by atoms with Crippen LogP contribution in [0.15, 0.2) is 67.0 Å². The Balaban J connectivity index is 1.60. The van der Waals surface area contributed by atoms with Crippen LogP contribution in [0.3, 0.4) is 0 Å². The molecule has 2 heterocycles. The largest absolute Gasteiger partial charge is 0.351 e. The third-order valence-corrected chi connectivity index (χ3v) is 7.08. The van der Waals surface area contributed by atoms with Crippen LogP contribution in [0.4, 0.5) is 24.8 Å². The van der Waals surface area contributed by atoms with Crippen molar-refractivity contribution in [3.05, 3.63) is 83.4 Å². The Morgan fingerprint density at radius 3 is 2.46 bits per heavy atom. The molecule has 1 aliphatic carbocycles. The number of benzene rings is 2. The van der Waals surface area contributed by atoms with Gasteiger partial charge in [-0.3, -0.25) is 24.2 Å². The van der Waals surface area contributed by atoms with Gasteiger partial charge < -0.3 is 5.32 Å². The Morgan fingerprint density at radius 2 is 1.79 bits per heavy atom. The smallest absolute Gasteiger partial charge is 0.252 e. The summed E-state index contributed by atoms with van der Waals surface area (Å²) >= 11 is 6.47. The minimum absolute atomic E-state index is 0.00740. The van der Waals surface area contributed by atoms with E-state index >= 15 is 0 Å². The van der Waals surface area contributed by atoms with E-state index in [1.165, 1.54) is 42.7 Å². The minimum Gasteiger partial charge on any atom is -0.351 e.